The van der Waals surface area contributed by atoms with Gasteiger partial charge in [-0.25, -0.2) is 4.98 Å². The zero-order valence-electron chi connectivity index (χ0n) is 15.2. The van der Waals surface area contributed by atoms with Crippen molar-refractivity contribution in [1.29, 1.82) is 0 Å². The highest BCUT2D eigenvalue weighted by atomic mass is 127. The van der Waals surface area contributed by atoms with Gasteiger partial charge in [0, 0.05) is 27.3 Å². The molecule has 3 aromatic rings. The van der Waals surface area contributed by atoms with E-state index in [1.165, 1.54) is 0 Å². The lowest BCUT2D eigenvalue weighted by molar-refractivity contribution is 0.462. The fourth-order valence-corrected chi connectivity index (χ4v) is 2.64. The van der Waals surface area contributed by atoms with Crippen molar-refractivity contribution in [3.05, 3.63) is 60.3 Å². The first-order valence-electron chi connectivity index (χ1n) is 8.15. The summed E-state index contributed by atoms with van der Waals surface area (Å²) in [7, 11) is 5.69. The molecule has 8 heteroatoms. The molecular formula is C18H24IN7. The van der Waals surface area contributed by atoms with Crippen LogP contribution in [0.1, 0.15) is 11.5 Å². The van der Waals surface area contributed by atoms with E-state index in [0.29, 0.717) is 13.1 Å². The zero-order chi connectivity index (χ0) is 17.6. The molecule has 7 nitrogen and oxygen atoms in total. The van der Waals surface area contributed by atoms with Crippen LogP contribution in [0, 0.1) is 0 Å². The summed E-state index contributed by atoms with van der Waals surface area (Å²) in [5.41, 5.74) is 3.24. The van der Waals surface area contributed by atoms with Gasteiger partial charge in [0.25, 0.3) is 0 Å². The Kier molecular flexibility index (Phi) is 7.19. The van der Waals surface area contributed by atoms with Crippen molar-refractivity contribution >= 4 is 29.9 Å². The third-order valence-electron chi connectivity index (χ3n) is 4.02. The number of H-pyrrole nitrogens is 1. The van der Waals surface area contributed by atoms with E-state index < -0.39 is 0 Å². The minimum Gasteiger partial charge on any atom is -0.351 e. The molecule has 0 bridgehead atoms. The second-order valence-electron chi connectivity index (χ2n) is 5.81. The van der Waals surface area contributed by atoms with Gasteiger partial charge < -0.3 is 15.2 Å². The summed E-state index contributed by atoms with van der Waals surface area (Å²) in [6.45, 7) is 1.30. The SMILES string of the molecule is CN=C(NCc1ccnn1C)N(C)Cc1ncc(-c2ccccc2)[nH]1.I. The Bertz CT molecular complexity index is 838. The van der Waals surface area contributed by atoms with Crippen molar-refractivity contribution in [1.82, 2.24) is 30.0 Å². The molecule has 0 amide bonds. The Morgan fingerprint density at radius 1 is 1.27 bits per heavy atom. The summed E-state index contributed by atoms with van der Waals surface area (Å²) < 4.78 is 1.85. The first-order chi connectivity index (χ1) is 12.2. The lowest BCUT2D eigenvalue weighted by Crippen LogP contribution is -2.38. The molecule has 0 aliphatic carbocycles. The zero-order valence-corrected chi connectivity index (χ0v) is 17.5. The number of aromatic nitrogens is 4. The van der Waals surface area contributed by atoms with E-state index in [1.54, 1.807) is 13.2 Å². The van der Waals surface area contributed by atoms with Crippen LogP contribution in [0.3, 0.4) is 0 Å². The molecule has 1 aromatic carbocycles. The predicted molar refractivity (Wildman–Crippen MR) is 114 cm³/mol. The van der Waals surface area contributed by atoms with Crippen LogP contribution in [0.25, 0.3) is 11.3 Å². The van der Waals surface area contributed by atoms with Crippen LogP contribution in [0.2, 0.25) is 0 Å². The molecule has 0 saturated heterocycles. The second kappa shape index (κ2) is 9.37. The molecule has 0 atom stereocenters. The summed E-state index contributed by atoms with van der Waals surface area (Å²) in [5.74, 6) is 1.70. The van der Waals surface area contributed by atoms with E-state index in [9.17, 15) is 0 Å². The van der Waals surface area contributed by atoms with Gasteiger partial charge in [-0.2, -0.15) is 5.10 Å². The number of guanidine groups is 1. The van der Waals surface area contributed by atoms with Crippen LogP contribution in [-0.2, 0) is 20.1 Å². The number of hydrogen-bond donors (Lipinski definition) is 2. The molecule has 0 aliphatic rings. The van der Waals surface area contributed by atoms with Crippen LogP contribution in [0.4, 0.5) is 0 Å². The average molecular weight is 465 g/mol. The molecule has 0 radical (unpaired) electrons. The number of nitrogens with zero attached hydrogens (tertiary/aromatic N) is 5. The number of benzene rings is 1. The molecule has 0 spiro atoms. The number of hydrogen-bond acceptors (Lipinski definition) is 3. The van der Waals surface area contributed by atoms with Gasteiger partial charge in [-0.05, 0) is 11.6 Å². The quantitative estimate of drug-likeness (QED) is 0.345. The smallest absolute Gasteiger partial charge is 0.194 e. The van der Waals surface area contributed by atoms with Gasteiger partial charge in [-0.15, -0.1) is 24.0 Å². The Hall–Kier alpha value is -2.36. The second-order valence-corrected chi connectivity index (χ2v) is 5.81. The summed E-state index contributed by atoms with van der Waals surface area (Å²) in [4.78, 5) is 14.2. The summed E-state index contributed by atoms with van der Waals surface area (Å²) >= 11 is 0. The number of nitrogens with one attached hydrogen (secondary N) is 2. The largest absolute Gasteiger partial charge is 0.351 e. The van der Waals surface area contributed by atoms with Crippen molar-refractivity contribution in [2.45, 2.75) is 13.1 Å². The normalized spacial score (nSPS) is 11.1. The molecule has 2 N–H and O–H groups in total. The number of imidazole rings is 1. The van der Waals surface area contributed by atoms with Crippen LogP contribution in [-0.4, -0.2) is 44.7 Å². The Morgan fingerprint density at radius 3 is 2.69 bits per heavy atom. The van der Waals surface area contributed by atoms with Crippen LogP contribution >= 0.6 is 24.0 Å². The van der Waals surface area contributed by atoms with Gasteiger partial charge in [0.1, 0.15) is 5.82 Å². The van der Waals surface area contributed by atoms with Crippen molar-refractivity contribution in [2.24, 2.45) is 12.0 Å². The van der Waals surface area contributed by atoms with Crippen molar-refractivity contribution in [3.63, 3.8) is 0 Å². The topological polar surface area (TPSA) is 74.1 Å². The number of rotatable bonds is 5. The number of aryl methyl sites for hydroxylation is 1. The maximum absolute atomic E-state index is 4.48. The number of aliphatic imine (C=N–C) groups is 1. The maximum Gasteiger partial charge on any atom is 0.194 e. The highest BCUT2D eigenvalue weighted by Crippen LogP contribution is 2.16. The van der Waals surface area contributed by atoms with E-state index in [0.717, 1.165) is 28.7 Å². The lowest BCUT2D eigenvalue weighted by Gasteiger charge is -2.21. The predicted octanol–water partition coefficient (Wildman–Crippen LogP) is 2.64. The van der Waals surface area contributed by atoms with Gasteiger partial charge in [0.15, 0.2) is 5.96 Å². The van der Waals surface area contributed by atoms with Crippen LogP contribution < -0.4 is 5.32 Å². The molecule has 3 rings (SSSR count). The Labute approximate surface area is 170 Å². The number of halogens is 1. The van der Waals surface area contributed by atoms with Gasteiger partial charge >= 0.3 is 0 Å². The molecule has 138 valence electrons. The average Bonchev–Trinajstić information content (AvgIpc) is 3.25. The first kappa shape index (κ1) is 20.0. The van der Waals surface area contributed by atoms with Gasteiger partial charge in [-0.3, -0.25) is 9.67 Å². The highest BCUT2D eigenvalue weighted by molar-refractivity contribution is 14.0. The van der Waals surface area contributed by atoms with Crippen LogP contribution in [0.15, 0.2) is 53.8 Å². The van der Waals surface area contributed by atoms with E-state index >= 15 is 0 Å². The Morgan fingerprint density at radius 2 is 2.04 bits per heavy atom. The number of aromatic amines is 1. The fourth-order valence-electron chi connectivity index (χ4n) is 2.64. The molecule has 0 fully saturated rings. The highest BCUT2D eigenvalue weighted by Gasteiger charge is 2.10. The first-order valence-corrected chi connectivity index (χ1v) is 8.15. The third kappa shape index (κ3) is 4.84. The molecule has 0 saturated carbocycles. The maximum atomic E-state index is 4.48. The molecular weight excluding hydrogens is 441 g/mol. The molecule has 2 aromatic heterocycles. The summed E-state index contributed by atoms with van der Waals surface area (Å²) in [6, 6.07) is 12.2. The van der Waals surface area contributed by atoms with Gasteiger partial charge in [0.2, 0.25) is 0 Å². The van der Waals surface area contributed by atoms with Crippen LogP contribution in [0.5, 0.6) is 0 Å². The Balaban J connectivity index is 0.00000243. The standard InChI is InChI=1S/C18H23N7.HI/c1-19-18(21-11-15-9-10-22-25(15)3)24(2)13-17-20-12-16(23-17)14-7-5-4-6-8-14;/h4-10,12H,11,13H2,1-3H3,(H,19,21)(H,20,23);1H. The third-order valence-corrected chi connectivity index (χ3v) is 4.02. The fraction of sp³-hybridized carbons (Fsp3) is 0.278. The monoisotopic (exact) mass is 465 g/mol. The minimum absolute atomic E-state index is 0. The van der Waals surface area contributed by atoms with E-state index in [2.05, 4.69) is 37.5 Å². The van der Waals surface area contributed by atoms with Crippen molar-refractivity contribution in [3.8, 4) is 11.3 Å². The summed E-state index contributed by atoms with van der Waals surface area (Å²) in [6.07, 6.45) is 3.65. The van der Waals surface area contributed by atoms with Gasteiger partial charge in [-0.1, -0.05) is 30.3 Å². The molecule has 2 heterocycles. The van der Waals surface area contributed by atoms with Crippen molar-refractivity contribution in [2.75, 3.05) is 14.1 Å². The van der Waals surface area contributed by atoms with E-state index in [4.69, 9.17) is 0 Å². The lowest BCUT2D eigenvalue weighted by atomic mass is 10.2. The minimum atomic E-state index is 0. The molecule has 0 aliphatic heterocycles. The van der Waals surface area contributed by atoms with E-state index in [-0.39, 0.29) is 24.0 Å². The molecule has 26 heavy (non-hydrogen) atoms. The van der Waals surface area contributed by atoms with Gasteiger partial charge in [0.05, 0.1) is 30.7 Å². The van der Waals surface area contributed by atoms with E-state index in [1.807, 2.05) is 54.1 Å². The van der Waals surface area contributed by atoms with Crippen molar-refractivity contribution < 1.29 is 0 Å². The molecule has 0 unspecified atom stereocenters. The summed E-state index contributed by atoms with van der Waals surface area (Å²) in [5, 5.41) is 7.52.